The highest BCUT2D eigenvalue weighted by molar-refractivity contribution is 7.92. The molecular weight excluding hydrogens is 378 g/mol. The van der Waals surface area contributed by atoms with E-state index in [-0.39, 0.29) is 42.8 Å². The molecule has 2 saturated heterocycles. The van der Waals surface area contributed by atoms with Crippen molar-refractivity contribution in [1.29, 1.82) is 0 Å². The molecule has 1 aromatic carbocycles. The van der Waals surface area contributed by atoms with E-state index in [1.54, 1.807) is 23.1 Å². The Bertz CT molecular complexity index is 773. The van der Waals surface area contributed by atoms with Gasteiger partial charge in [0.1, 0.15) is 6.54 Å². The molecule has 146 valence electrons. The van der Waals surface area contributed by atoms with Gasteiger partial charge in [0.05, 0.1) is 18.6 Å². The zero-order valence-corrected chi connectivity index (χ0v) is 16.6. The fourth-order valence-corrected chi connectivity index (χ4v) is 4.68. The average Bonchev–Trinajstić information content (AvgIpc) is 3.08. The number of aliphatic hydroxyl groups excluding tert-OH is 1. The molecule has 2 N–H and O–H groups in total. The van der Waals surface area contributed by atoms with Crippen LogP contribution in [-0.2, 0) is 14.8 Å². The minimum atomic E-state index is -3.57. The van der Waals surface area contributed by atoms with E-state index in [4.69, 9.17) is 0 Å². The lowest BCUT2D eigenvalue weighted by Gasteiger charge is -2.27. The molecule has 26 heavy (non-hydrogen) atoms. The molecule has 0 saturated carbocycles. The van der Waals surface area contributed by atoms with E-state index < -0.39 is 10.0 Å². The highest BCUT2D eigenvalue weighted by atomic mass is 35.5. The maximum atomic E-state index is 12.8. The Labute approximate surface area is 160 Å². The molecule has 2 aliphatic heterocycles. The van der Waals surface area contributed by atoms with Crippen molar-refractivity contribution in [1.82, 2.24) is 10.2 Å². The molecule has 2 fully saturated rings. The summed E-state index contributed by atoms with van der Waals surface area (Å²) < 4.78 is 25.6. The normalized spacial score (nSPS) is 24.9. The highest BCUT2D eigenvalue weighted by Gasteiger charge is 2.50. The van der Waals surface area contributed by atoms with Gasteiger partial charge in [0, 0.05) is 31.6 Å². The molecule has 2 heterocycles. The molecule has 1 amide bonds. The Morgan fingerprint density at radius 3 is 2.77 bits per heavy atom. The molecule has 2 atom stereocenters. The second-order valence-electron chi connectivity index (χ2n) is 7.23. The third-order valence-electron chi connectivity index (χ3n) is 5.32. The van der Waals surface area contributed by atoms with Gasteiger partial charge in [-0.15, -0.1) is 12.4 Å². The topological polar surface area (TPSA) is 89.9 Å². The smallest absolute Gasteiger partial charge is 0.243 e. The van der Waals surface area contributed by atoms with Crippen molar-refractivity contribution in [3.8, 4) is 0 Å². The predicted molar refractivity (Wildman–Crippen MR) is 103 cm³/mol. The van der Waals surface area contributed by atoms with Gasteiger partial charge in [0.25, 0.3) is 0 Å². The van der Waals surface area contributed by atoms with Gasteiger partial charge in [-0.3, -0.25) is 9.10 Å². The number of carbonyl (C=O) groups excluding carboxylic acids is 1. The van der Waals surface area contributed by atoms with E-state index in [0.29, 0.717) is 25.3 Å². The molecule has 9 heteroatoms. The van der Waals surface area contributed by atoms with Crippen LogP contribution in [-0.4, -0.2) is 69.9 Å². The fraction of sp³-hybridized carbons (Fsp3) is 0.588. The number of benzene rings is 1. The predicted octanol–water partition coefficient (Wildman–Crippen LogP) is 0.223. The molecule has 3 rings (SSSR count). The number of nitrogens with one attached hydrogen (secondary N) is 1. The maximum absolute atomic E-state index is 12.8. The second-order valence-corrected chi connectivity index (χ2v) is 9.14. The number of amides is 1. The zero-order valence-electron chi connectivity index (χ0n) is 15.0. The van der Waals surface area contributed by atoms with E-state index in [9.17, 15) is 18.3 Å². The number of aliphatic hydroxyl groups is 1. The van der Waals surface area contributed by atoms with Gasteiger partial charge in [-0.05, 0) is 30.5 Å². The Balaban J connectivity index is 0.00000243. The minimum absolute atomic E-state index is 0. The minimum Gasteiger partial charge on any atom is -0.396 e. The van der Waals surface area contributed by atoms with Gasteiger partial charge in [-0.2, -0.15) is 0 Å². The van der Waals surface area contributed by atoms with Crippen LogP contribution in [0.2, 0.25) is 0 Å². The van der Waals surface area contributed by atoms with Gasteiger partial charge in [-0.1, -0.05) is 12.1 Å². The SMILES string of the molecule is Cc1cccc(N(CC(=O)N2CC3CNCC3(CO)C2)S(C)(=O)=O)c1.Cl. The first-order valence-corrected chi connectivity index (χ1v) is 10.2. The summed E-state index contributed by atoms with van der Waals surface area (Å²) in [6.45, 7) is 4.17. The summed E-state index contributed by atoms with van der Waals surface area (Å²) in [5, 5.41) is 13.0. The number of hydrogen-bond donors (Lipinski definition) is 2. The number of halogens is 1. The summed E-state index contributed by atoms with van der Waals surface area (Å²) in [7, 11) is -3.57. The van der Waals surface area contributed by atoms with E-state index in [2.05, 4.69) is 5.32 Å². The van der Waals surface area contributed by atoms with Crippen LogP contribution >= 0.6 is 12.4 Å². The van der Waals surface area contributed by atoms with E-state index >= 15 is 0 Å². The van der Waals surface area contributed by atoms with Crippen LogP contribution in [0.5, 0.6) is 0 Å². The lowest BCUT2D eigenvalue weighted by atomic mass is 9.82. The third-order valence-corrected chi connectivity index (χ3v) is 6.46. The summed E-state index contributed by atoms with van der Waals surface area (Å²) in [6.07, 6.45) is 1.11. The quantitative estimate of drug-likeness (QED) is 0.734. The van der Waals surface area contributed by atoms with Crippen molar-refractivity contribution >= 4 is 34.0 Å². The van der Waals surface area contributed by atoms with Crippen molar-refractivity contribution in [2.75, 3.05) is 49.9 Å². The van der Waals surface area contributed by atoms with Crippen LogP contribution in [0.25, 0.3) is 0 Å². The Kier molecular flexibility index (Phi) is 6.22. The van der Waals surface area contributed by atoms with E-state index in [1.165, 1.54) is 0 Å². The first-order valence-electron chi connectivity index (χ1n) is 8.39. The standard InChI is InChI=1S/C17H25N3O4S.ClH/c1-13-4-3-5-15(6-13)20(25(2,23)24)9-16(22)19-8-14-7-18-10-17(14,11-19)12-21;/h3-6,14,18,21H,7-12H2,1-2H3;1H. The van der Waals surface area contributed by atoms with Crippen LogP contribution < -0.4 is 9.62 Å². The number of aryl methyl sites for hydroxylation is 1. The maximum Gasteiger partial charge on any atom is 0.243 e. The molecular formula is C17H26ClN3O4S. The van der Waals surface area contributed by atoms with Gasteiger partial charge < -0.3 is 15.3 Å². The van der Waals surface area contributed by atoms with Gasteiger partial charge in [0.15, 0.2) is 0 Å². The van der Waals surface area contributed by atoms with Gasteiger partial charge in [0.2, 0.25) is 15.9 Å². The number of hydrogen-bond acceptors (Lipinski definition) is 5. The lowest BCUT2D eigenvalue weighted by molar-refractivity contribution is -0.129. The summed E-state index contributed by atoms with van der Waals surface area (Å²) in [4.78, 5) is 14.5. The largest absolute Gasteiger partial charge is 0.396 e. The fourth-order valence-electron chi connectivity index (χ4n) is 3.84. The molecule has 2 unspecified atom stereocenters. The Hall–Kier alpha value is -1.35. The van der Waals surface area contributed by atoms with Crippen molar-refractivity contribution in [2.24, 2.45) is 11.3 Å². The molecule has 1 aromatic rings. The van der Waals surface area contributed by atoms with Crippen molar-refractivity contribution in [3.63, 3.8) is 0 Å². The van der Waals surface area contributed by atoms with E-state index in [0.717, 1.165) is 22.7 Å². The number of carbonyl (C=O) groups is 1. The van der Waals surface area contributed by atoms with Crippen LogP contribution in [0.15, 0.2) is 24.3 Å². The third kappa shape index (κ3) is 3.98. The monoisotopic (exact) mass is 403 g/mol. The number of anilines is 1. The van der Waals surface area contributed by atoms with Gasteiger partial charge in [-0.25, -0.2) is 8.42 Å². The van der Waals surface area contributed by atoms with Crippen molar-refractivity contribution in [2.45, 2.75) is 6.92 Å². The second kappa shape index (κ2) is 7.72. The van der Waals surface area contributed by atoms with Crippen molar-refractivity contribution in [3.05, 3.63) is 29.8 Å². The van der Waals surface area contributed by atoms with Crippen LogP contribution in [0.3, 0.4) is 0 Å². The molecule has 7 nitrogen and oxygen atoms in total. The number of nitrogens with zero attached hydrogens (tertiary/aromatic N) is 2. The van der Waals surface area contributed by atoms with Crippen molar-refractivity contribution < 1.29 is 18.3 Å². The molecule has 0 spiro atoms. The summed E-state index contributed by atoms with van der Waals surface area (Å²) in [5.41, 5.74) is 1.13. The van der Waals surface area contributed by atoms with Crippen LogP contribution in [0.1, 0.15) is 5.56 Å². The first-order chi connectivity index (χ1) is 11.7. The first kappa shape index (κ1) is 21.0. The molecule has 0 bridgehead atoms. The number of likely N-dealkylation sites (tertiary alicyclic amines) is 1. The lowest BCUT2D eigenvalue weighted by Crippen LogP contribution is -2.44. The van der Waals surface area contributed by atoms with Gasteiger partial charge >= 0.3 is 0 Å². The average molecular weight is 404 g/mol. The molecule has 0 radical (unpaired) electrons. The summed E-state index contributed by atoms with van der Waals surface area (Å²) >= 11 is 0. The molecule has 0 aromatic heterocycles. The Morgan fingerprint density at radius 2 is 2.19 bits per heavy atom. The molecule has 2 aliphatic rings. The van der Waals surface area contributed by atoms with Crippen LogP contribution in [0.4, 0.5) is 5.69 Å². The van der Waals surface area contributed by atoms with Crippen LogP contribution in [0, 0.1) is 18.3 Å². The summed E-state index contributed by atoms with van der Waals surface area (Å²) in [5.74, 6) is -0.0127. The number of fused-ring (bicyclic) bond motifs is 1. The summed E-state index contributed by atoms with van der Waals surface area (Å²) in [6, 6.07) is 7.11. The number of rotatable bonds is 5. The zero-order chi connectivity index (χ0) is 18.2. The van der Waals surface area contributed by atoms with E-state index in [1.807, 2.05) is 13.0 Å². The highest BCUT2D eigenvalue weighted by Crippen LogP contribution is 2.38. The Morgan fingerprint density at radius 1 is 1.46 bits per heavy atom. The number of sulfonamides is 1. The molecule has 0 aliphatic carbocycles.